The van der Waals surface area contributed by atoms with Gasteiger partial charge in [0.05, 0.1) is 0 Å². The molecule has 0 aromatic heterocycles. The first kappa shape index (κ1) is 7.20. The Morgan fingerprint density at radius 2 is 2.00 bits per heavy atom. The van der Waals surface area contributed by atoms with Gasteiger partial charge in [-0.1, -0.05) is 18.9 Å². The fourth-order valence-corrected chi connectivity index (χ4v) is 2.27. The summed E-state index contributed by atoms with van der Waals surface area (Å²) in [6.45, 7) is 2.18. The average Bonchev–Trinajstić information content (AvgIpc) is 2.58. The summed E-state index contributed by atoms with van der Waals surface area (Å²) in [4.78, 5) is 0. The van der Waals surface area contributed by atoms with Crippen molar-refractivity contribution < 1.29 is 0 Å². The third kappa shape index (κ3) is 1.58. The Kier molecular flexibility index (Phi) is 2.16. The molecule has 1 nitrogen and oxygen atoms in total. The zero-order chi connectivity index (χ0) is 7.52. The molecule has 1 radical (unpaired) electrons. The molecule has 61 valence electrons. The third-order valence-corrected chi connectivity index (χ3v) is 2.95. The fourth-order valence-electron chi connectivity index (χ4n) is 2.27. The van der Waals surface area contributed by atoms with E-state index in [1.54, 1.807) is 0 Å². The van der Waals surface area contributed by atoms with E-state index in [4.69, 9.17) is 0 Å². The van der Waals surface area contributed by atoms with Crippen LogP contribution in [0, 0.1) is 18.4 Å². The first-order valence-corrected chi connectivity index (χ1v) is 4.71. The maximum atomic E-state index is 3.13. The molecule has 0 bridgehead atoms. The summed E-state index contributed by atoms with van der Waals surface area (Å²) in [7, 11) is 0. The van der Waals surface area contributed by atoms with Crippen LogP contribution >= 0.6 is 0 Å². The molecule has 1 unspecified atom stereocenters. The summed E-state index contributed by atoms with van der Waals surface area (Å²) in [5.74, 6) is 1.84. The lowest BCUT2D eigenvalue weighted by Crippen LogP contribution is -2.17. The van der Waals surface area contributed by atoms with Crippen molar-refractivity contribution in [2.24, 2.45) is 11.8 Å². The molecule has 0 aromatic carbocycles. The molecule has 11 heavy (non-hydrogen) atoms. The van der Waals surface area contributed by atoms with Crippen molar-refractivity contribution in [2.75, 3.05) is 0 Å². The van der Waals surface area contributed by atoms with Crippen molar-refractivity contribution in [3.05, 3.63) is 18.8 Å². The van der Waals surface area contributed by atoms with Gasteiger partial charge >= 0.3 is 0 Å². The monoisotopic (exact) mass is 150 g/mol. The zero-order valence-electron chi connectivity index (χ0n) is 6.92. The minimum Gasteiger partial charge on any atom is -0.386 e. The number of rotatable bonds is 1. The summed E-state index contributed by atoms with van der Waals surface area (Å²) in [5, 5.41) is 3.13. The van der Waals surface area contributed by atoms with Gasteiger partial charge in [-0.2, -0.15) is 0 Å². The van der Waals surface area contributed by atoms with Crippen molar-refractivity contribution in [3.8, 4) is 0 Å². The van der Waals surface area contributed by atoms with Gasteiger partial charge in [0.2, 0.25) is 0 Å². The Morgan fingerprint density at radius 1 is 1.18 bits per heavy atom. The maximum absolute atomic E-state index is 3.13. The molecule has 2 rings (SSSR count). The van der Waals surface area contributed by atoms with Gasteiger partial charge in [0.25, 0.3) is 0 Å². The maximum Gasteiger partial charge on any atom is 0.0462 e. The highest BCUT2D eigenvalue weighted by Crippen LogP contribution is 2.34. The molecule has 0 aromatic rings. The predicted octanol–water partition coefficient (Wildman–Crippen LogP) is 2.46. The van der Waals surface area contributed by atoms with E-state index in [1.807, 2.05) is 0 Å². The van der Waals surface area contributed by atoms with E-state index in [0.717, 1.165) is 11.8 Å². The number of hydrogen-bond donors (Lipinski definition) is 1. The number of allylic oxidation sites excluding steroid dienone is 1. The summed E-state index contributed by atoms with van der Waals surface area (Å²) >= 11 is 0. The van der Waals surface area contributed by atoms with Crippen LogP contribution in [0.15, 0.2) is 12.3 Å². The van der Waals surface area contributed by atoms with Crippen LogP contribution in [-0.4, -0.2) is 0 Å². The molecule has 1 N–H and O–H groups in total. The van der Waals surface area contributed by atoms with E-state index >= 15 is 0 Å². The second-order valence-corrected chi connectivity index (χ2v) is 3.67. The Labute approximate surface area is 68.9 Å². The van der Waals surface area contributed by atoms with Crippen molar-refractivity contribution in [2.45, 2.75) is 32.1 Å². The Hall–Kier alpha value is -0.460. The summed E-state index contributed by atoms with van der Waals surface area (Å²) in [6.07, 6.45) is 11.5. The molecule has 1 heterocycles. The molecule has 1 saturated carbocycles. The van der Waals surface area contributed by atoms with Crippen LogP contribution in [0.2, 0.25) is 0 Å². The molecule has 1 atom stereocenters. The Bertz CT molecular complexity index is 145. The normalized spacial score (nSPS) is 32.2. The van der Waals surface area contributed by atoms with Gasteiger partial charge in [-0.25, -0.2) is 0 Å². The first-order valence-electron chi connectivity index (χ1n) is 4.71. The van der Waals surface area contributed by atoms with Crippen LogP contribution in [0.5, 0.6) is 0 Å². The summed E-state index contributed by atoms with van der Waals surface area (Å²) < 4.78 is 0. The summed E-state index contributed by atoms with van der Waals surface area (Å²) in [5.41, 5.74) is 0. The van der Waals surface area contributed by atoms with E-state index in [-0.39, 0.29) is 0 Å². The van der Waals surface area contributed by atoms with E-state index in [2.05, 4.69) is 24.1 Å². The van der Waals surface area contributed by atoms with E-state index < -0.39 is 0 Å². The van der Waals surface area contributed by atoms with Crippen LogP contribution in [0.25, 0.3) is 0 Å². The van der Waals surface area contributed by atoms with E-state index in [9.17, 15) is 0 Å². The highest BCUT2D eigenvalue weighted by molar-refractivity contribution is 4.99. The minimum absolute atomic E-state index is 0.846. The zero-order valence-corrected chi connectivity index (χ0v) is 6.92. The third-order valence-electron chi connectivity index (χ3n) is 2.95. The quantitative estimate of drug-likeness (QED) is 0.605. The molecular weight excluding hydrogens is 134 g/mol. The highest BCUT2D eigenvalue weighted by atomic mass is 14.8. The average molecular weight is 150 g/mol. The van der Waals surface area contributed by atoms with Gasteiger partial charge in [0.1, 0.15) is 0 Å². The molecule has 1 heteroatoms. The molecule has 1 aliphatic carbocycles. The molecule has 0 amide bonds. The van der Waals surface area contributed by atoms with Crippen LogP contribution in [0.1, 0.15) is 32.1 Å². The van der Waals surface area contributed by atoms with Crippen molar-refractivity contribution in [1.82, 2.24) is 5.32 Å². The predicted molar refractivity (Wildman–Crippen MR) is 46.6 cm³/mol. The van der Waals surface area contributed by atoms with Crippen molar-refractivity contribution in [1.29, 1.82) is 0 Å². The van der Waals surface area contributed by atoms with E-state index in [1.165, 1.54) is 32.1 Å². The second kappa shape index (κ2) is 3.29. The van der Waals surface area contributed by atoms with Gasteiger partial charge < -0.3 is 5.32 Å². The lowest BCUT2D eigenvalue weighted by Gasteiger charge is -2.22. The van der Waals surface area contributed by atoms with Crippen molar-refractivity contribution in [3.63, 3.8) is 0 Å². The molecule has 2 aliphatic rings. The van der Waals surface area contributed by atoms with Gasteiger partial charge in [0, 0.05) is 6.54 Å². The van der Waals surface area contributed by atoms with Gasteiger partial charge in [-0.15, -0.1) is 0 Å². The molecule has 0 spiro atoms. The molecular formula is C10H16N. The standard InChI is InChI=1S/C10H16N/c1-2-4-9(3-1)10-5-7-11-8-6-10/h5,7-11H,1-4,6H2. The summed E-state index contributed by atoms with van der Waals surface area (Å²) in [6, 6.07) is 0. The smallest absolute Gasteiger partial charge is 0.0462 e. The Balaban J connectivity index is 1.91. The van der Waals surface area contributed by atoms with E-state index in [0.29, 0.717) is 0 Å². The van der Waals surface area contributed by atoms with Crippen LogP contribution < -0.4 is 5.32 Å². The second-order valence-electron chi connectivity index (χ2n) is 3.67. The number of hydrogen-bond acceptors (Lipinski definition) is 1. The number of nitrogens with one attached hydrogen (secondary N) is 1. The van der Waals surface area contributed by atoms with Gasteiger partial charge in [0.15, 0.2) is 0 Å². The fraction of sp³-hybridized carbons (Fsp3) is 0.700. The topological polar surface area (TPSA) is 12.0 Å². The lowest BCUT2D eigenvalue weighted by molar-refractivity contribution is 0.387. The van der Waals surface area contributed by atoms with Crippen LogP contribution in [0.4, 0.5) is 0 Å². The largest absolute Gasteiger partial charge is 0.386 e. The SMILES string of the molecule is [CH]1CC(C2CCCC2)C=CN1. The lowest BCUT2D eigenvalue weighted by atomic mass is 9.87. The molecule has 0 saturated heterocycles. The first-order chi connectivity index (χ1) is 5.47. The highest BCUT2D eigenvalue weighted by Gasteiger charge is 2.23. The van der Waals surface area contributed by atoms with Gasteiger partial charge in [-0.05, 0) is 37.3 Å². The molecule has 1 fully saturated rings. The molecule has 1 aliphatic heterocycles. The van der Waals surface area contributed by atoms with Crippen LogP contribution in [-0.2, 0) is 0 Å². The van der Waals surface area contributed by atoms with Crippen molar-refractivity contribution >= 4 is 0 Å². The van der Waals surface area contributed by atoms with Gasteiger partial charge in [-0.3, -0.25) is 0 Å². The Morgan fingerprint density at radius 3 is 2.64 bits per heavy atom. The van der Waals surface area contributed by atoms with Crippen LogP contribution in [0.3, 0.4) is 0 Å². The minimum atomic E-state index is 0.846.